The number of carbonyl (C=O) groups is 2. The van der Waals surface area contributed by atoms with Gasteiger partial charge in [0.15, 0.2) is 0 Å². The van der Waals surface area contributed by atoms with Crippen molar-refractivity contribution in [1.82, 2.24) is 5.32 Å². The number of halogens is 1. The quantitative estimate of drug-likeness (QED) is 0.743. The Kier molecular flexibility index (Phi) is 8.87. The second kappa shape index (κ2) is 9.53. The molecule has 0 bridgehead atoms. The highest BCUT2D eigenvalue weighted by Crippen LogP contribution is 2.18. The van der Waals surface area contributed by atoms with Crippen LogP contribution in [0.1, 0.15) is 43.6 Å². The van der Waals surface area contributed by atoms with Crippen molar-refractivity contribution in [2.45, 2.75) is 40.7 Å². The third-order valence-corrected chi connectivity index (χ3v) is 3.62. The highest BCUT2D eigenvalue weighted by atomic mass is 35.5. The van der Waals surface area contributed by atoms with Crippen LogP contribution < -0.4 is 16.4 Å². The Labute approximate surface area is 144 Å². The van der Waals surface area contributed by atoms with Crippen LogP contribution in [0, 0.1) is 18.8 Å². The summed E-state index contributed by atoms with van der Waals surface area (Å²) in [5, 5.41) is 5.73. The van der Waals surface area contributed by atoms with E-state index in [4.69, 9.17) is 5.73 Å². The Balaban J connectivity index is 0.00000484. The summed E-state index contributed by atoms with van der Waals surface area (Å²) in [4.78, 5) is 24.0. The first-order valence-electron chi connectivity index (χ1n) is 7.67. The molecule has 0 heterocycles. The van der Waals surface area contributed by atoms with Crippen LogP contribution in [0.3, 0.4) is 0 Å². The number of nitrogens with two attached hydrogens (primary N) is 1. The topological polar surface area (TPSA) is 84.2 Å². The van der Waals surface area contributed by atoms with Crippen LogP contribution in [-0.4, -0.2) is 24.4 Å². The highest BCUT2D eigenvalue weighted by molar-refractivity contribution is 5.97. The van der Waals surface area contributed by atoms with Crippen LogP contribution in [-0.2, 0) is 4.79 Å². The predicted octanol–water partition coefficient (Wildman–Crippen LogP) is 2.72. The minimum Gasteiger partial charge on any atom is -0.352 e. The van der Waals surface area contributed by atoms with Crippen molar-refractivity contribution in [3.63, 3.8) is 0 Å². The van der Waals surface area contributed by atoms with E-state index in [-0.39, 0.29) is 36.2 Å². The number of hydrogen-bond donors (Lipinski definition) is 3. The van der Waals surface area contributed by atoms with Crippen molar-refractivity contribution in [1.29, 1.82) is 0 Å². The molecular formula is C17H28ClN3O2. The molecular weight excluding hydrogens is 314 g/mol. The standard InChI is InChI=1S/C17H27N3O2.ClH/c1-10(2)9-19-17(22)14-6-7-15(11(3)8-14)20-16(21)12(4)13(5)18;/h6-8,10,12-13H,9,18H2,1-5H3,(H,19,22)(H,20,21);1H. The Morgan fingerprint density at radius 3 is 2.26 bits per heavy atom. The number of anilines is 1. The van der Waals surface area contributed by atoms with Gasteiger partial charge in [0, 0.05) is 23.8 Å². The van der Waals surface area contributed by atoms with E-state index in [1.54, 1.807) is 32.0 Å². The zero-order valence-electron chi connectivity index (χ0n) is 14.5. The first-order valence-corrected chi connectivity index (χ1v) is 7.67. The molecule has 0 spiro atoms. The Morgan fingerprint density at radius 1 is 1.17 bits per heavy atom. The summed E-state index contributed by atoms with van der Waals surface area (Å²) in [7, 11) is 0. The lowest BCUT2D eigenvalue weighted by molar-refractivity contribution is -0.119. The summed E-state index contributed by atoms with van der Waals surface area (Å²) >= 11 is 0. The third-order valence-electron chi connectivity index (χ3n) is 3.62. The highest BCUT2D eigenvalue weighted by Gasteiger charge is 2.18. The molecule has 4 N–H and O–H groups in total. The maximum Gasteiger partial charge on any atom is 0.251 e. The molecule has 0 aliphatic carbocycles. The molecule has 1 aromatic carbocycles. The van der Waals surface area contributed by atoms with Gasteiger partial charge in [-0.3, -0.25) is 9.59 Å². The molecule has 0 aliphatic rings. The fourth-order valence-electron chi connectivity index (χ4n) is 1.83. The van der Waals surface area contributed by atoms with Crippen molar-refractivity contribution < 1.29 is 9.59 Å². The molecule has 0 saturated heterocycles. The number of benzene rings is 1. The van der Waals surface area contributed by atoms with Gasteiger partial charge < -0.3 is 16.4 Å². The van der Waals surface area contributed by atoms with Crippen molar-refractivity contribution in [2.75, 3.05) is 11.9 Å². The summed E-state index contributed by atoms with van der Waals surface area (Å²) in [5.41, 5.74) is 7.89. The van der Waals surface area contributed by atoms with Crippen molar-refractivity contribution in [3.8, 4) is 0 Å². The maximum atomic E-state index is 12.0. The average molecular weight is 342 g/mol. The Bertz CT molecular complexity index is 545. The van der Waals surface area contributed by atoms with Crippen molar-refractivity contribution >= 4 is 29.9 Å². The largest absolute Gasteiger partial charge is 0.352 e. The Morgan fingerprint density at radius 2 is 1.78 bits per heavy atom. The minimum absolute atomic E-state index is 0. The number of aryl methyl sites for hydroxylation is 1. The van der Waals surface area contributed by atoms with Gasteiger partial charge >= 0.3 is 0 Å². The van der Waals surface area contributed by atoms with Crippen molar-refractivity contribution in [3.05, 3.63) is 29.3 Å². The van der Waals surface area contributed by atoms with E-state index in [0.717, 1.165) is 5.56 Å². The van der Waals surface area contributed by atoms with Crippen LogP contribution in [0.2, 0.25) is 0 Å². The zero-order chi connectivity index (χ0) is 16.9. The monoisotopic (exact) mass is 341 g/mol. The molecule has 0 aromatic heterocycles. The summed E-state index contributed by atoms with van der Waals surface area (Å²) in [6, 6.07) is 5.04. The number of nitrogens with one attached hydrogen (secondary N) is 2. The molecule has 5 nitrogen and oxygen atoms in total. The van der Waals surface area contributed by atoms with Crippen LogP contribution in [0.5, 0.6) is 0 Å². The van der Waals surface area contributed by atoms with E-state index in [0.29, 0.717) is 23.7 Å². The van der Waals surface area contributed by atoms with E-state index in [1.807, 2.05) is 20.8 Å². The van der Waals surface area contributed by atoms with Gasteiger partial charge in [0.25, 0.3) is 5.91 Å². The second-order valence-corrected chi connectivity index (χ2v) is 6.27. The molecule has 0 saturated carbocycles. The van der Waals surface area contributed by atoms with E-state index in [1.165, 1.54) is 0 Å². The molecule has 0 fully saturated rings. The molecule has 2 atom stereocenters. The number of carbonyl (C=O) groups excluding carboxylic acids is 2. The Hall–Kier alpha value is -1.59. The molecule has 6 heteroatoms. The minimum atomic E-state index is -0.270. The summed E-state index contributed by atoms with van der Waals surface area (Å²) < 4.78 is 0. The number of rotatable bonds is 6. The molecule has 1 rings (SSSR count). The van der Waals surface area contributed by atoms with Crippen LogP contribution >= 0.6 is 12.4 Å². The normalized spacial score (nSPS) is 13.0. The summed E-state index contributed by atoms with van der Waals surface area (Å²) in [5.74, 6) is -0.0782. The number of amides is 2. The van der Waals surface area contributed by atoms with Gasteiger partial charge in [0.2, 0.25) is 5.91 Å². The lowest BCUT2D eigenvalue weighted by Crippen LogP contribution is -2.34. The van der Waals surface area contributed by atoms with Gasteiger partial charge in [-0.2, -0.15) is 0 Å². The van der Waals surface area contributed by atoms with Crippen LogP contribution in [0.25, 0.3) is 0 Å². The molecule has 1 aromatic rings. The van der Waals surface area contributed by atoms with Crippen molar-refractivity contribution in [2.24, 2.45) is 17.6 Å². The fraction of sp³-hybridized carbons (Fsp3) is 0.529. The first kappa shape index (κ1) is 21.4. The molecule has 2 unspecified atom stereocenters. The second-order valence-electron chi connectivity index (χ2n) is 6.27. The lowest BCUT2D eigenvalue weighted by atomic mass is 10.0. The van der Waals surface area contributed by atoms with Gasteiger partial charge in [0.1, 0.15) is 0 Å². The SMILES string of the molecule is Cc1cc(C(=O)NCC(C)C)ccc1NC(=O)C(C)C(C)N.Cl. The summed E-state index contributed by atoms with van der Waals surface area (Å²) in [6.45, 7) is 10.2. The lowest BCUT2D eigenvalue weighted by Gasteiger charge is -2.17. The van der Waals surface area contributed by atoms with E-state index in [9.17, 15) is 9.59 Å². The first-order chi connectivity index (χ1) is 10.2. The molecule has 2 amide bonds. The maximum absolute atomic E-state index is 12.0. The van der Waals surface area contributed by atoms with Gasteiger partial charge in [-0.15, -0.1) is 12.4 Å². The predicted molar refractivity (Wildman–Crippen MR) is 97.0 cm³/mol. The zero-order valence-corrected chi connectivity index (χ0v) is 15.3. The number of hydrogen-bond acceptors (Lipinski definition) is 3. The van der Waals surface area contributed by atoms with E-state index in [2.05, 4.69) is 10.6 Å². The van der Waals surface area contributed by atoms with Crippen LogP contribution in [0.4, 0.5) is 5.69 Å². The average Bonchev–Trinajstić information content (AvgIpc) is 2.45. The third kappa shape index (κ3) is 6.59. The fourth-order valence-corrected chi connectivity index (χ4v) is 1.83. The van der Waals surface area contributed by atoms with Crippen LogP contribution in [0.15, 0.2) is 18.2 Å². The molecule has 23 heavy (non-hydrogen) atoms. The molecule has 0 radical (unpaired) electrons. The molecule has 0 aliphatic heterocycles. The smallest absolute Gasteiger partial charge is 0.251 e. The summed E-state index contributed by atoms with van der Waals surface area (Å²) in [6.07, 6.45) is 0. The van der Waals surface area contributed by atoms with Gasteiger partial charge in [0.05, 0.1) is 5.92 Å². The van der Waals surface area contributed by atoms with Gasteiger partial charge in [-0.1, -0.05) is 20.8 Å². The van der Waals surface area contributed by atoms with E-state index >= 15 is 0 Å². The van der Waals surface area contributed by atoms with Gasteiger partial charge in [-0.25, -0.2) is 0 Å². The van der Waals surface area contributed by atoms with Gasteiger partial charge in [-0.05, 0) is 43.5 Å². The van der Waals surface area contributed by atoms with E-state index < -0.39 is 0 Å². The molecule has 130 valence electrons.